The van der Waals surface area contributed by atoms with Crippen molar-refractivity contribution in [3.05, 3.63) is 59.2 Å². The van der Waals surface area contributed by atoms with Gasteiger partial charge in [0.2, 0.25) is 5.91 Å². The zero-order valence-electron chi connectivity index (χ0n) is 16.7. The summed E-state index contributed by atoms with van der Waals surface area (Å²) < 4.78 is 35.7. The van der Waals surface area contributed by atoms with Crippen LogP contribution in [-0.2, 0) is 13.1 Å². The van der Waals surface area contributed by atoms with Crippen LogP contribution in [0.5, 0.6) is 11.5 Å². The molecule has 2 aromatic rings. The number of carbonyl (C=O) groups is 1. The van der Waals surface area contributed by atoms with Crippen molar-refractivity contribution in [1.29, 1.82) is 0 Å². The molecule has 0 atom stereocenters. The van der Waals surface area contributed by atoms with E-state index in [0.29, 0.717) is 30.2 Å². The molecule has 0 aromatic heterocycles. The number of nitrogens with zero attached hydrogens (tertiary/aromatic N) is 1. The zero-order chi connectivity index (χ0) is 21.2. The molecule has 0 saturated heterocycles. The molecule has 0 spiro atoms. The van der Waals surface area contributed by atoms with Crippen LogP contribution in [0.2, 0.25) is 0 Å². The summed E-state index contributed by atoms with van der Waals surface area (Å²) in [5.41, 5.74) is 7.07. The molecule has 0 heterocycles. The number of hydrogen-bond acceptors (Lipinski definition) is 4. The molecule has 0 aliphatic heterocycles. The van der Waals surface area contributed by atoms with Crippen molar-refractivity contribution in [2.24, 2.45) is 10.7 Å². The molecule has 0 saturated carbocycles. The van der Waals surface area contributed by atoms with E-state index in [1.165, 1.54) is 0 Å². The molecular weight excluding hydrogens is 509 g/mol. The Hall–Kier alpha value is -2.63. The maximum atomic E-state index is 12.8. The minimum absolute atomic E-state index is 0. The number of halogens is 3. The average Bonchev–Trinajstić information content (AvgIpc) is 2.70. The number of rotatable bonds is 9. The average molecular weight is 534 g/mol. The van der Waals surface area contributed by atoms with Crippen LogP contribution in [0.4, 0.5) is 8.78 Å². The summed E-state index contributed by atoms with van der Waals surface area (Å²) in [7, 11) is 1.60. The van der Waals surface area contributed by atoms with Crippen molar-refractivity contribution < 1.29 is 23.0 Å². The lowest BCUT2D eigenvalue weighted by Gasteiger charge is -2.17. The molecule has 10 heteroatoms. The quantitative estimate of drug-likeness (QED) is 0.261. The second-order valence-electron chi connectivity index (χ2n) is 5.90. The van der Waals surface area contributed by atoms with Crippen LogP contribution in [0, 0.1) is 0 Å². The summed E-state index contributed by atoms with van der Waals surface area (Å²) in [6, 6.07) is 11.8. The minimum atomic E-state index is -2.96. The van der Waals surface area contributed by atoms with Gasteiger partial charge in [0.1, 0.15) is 0 Å². The van der Waals surface area contributed by atoms with E-state index in [-0.39, 0.29) is 42.0 Å². The van der Waals surface area contributed by atoms with E-state index in [2.05, 4.69) is 20.4 Å². The Bertz CT molecular complexity index is 848. The number of para-hydroxylation sites is 1. The minimum Gasteiger partial charge on any atom is -0.490 e. The van der Waals surface area contributed by atoms with E-state index in [0.717, 1.165) is 5.56 Å². The van der Waals surface area contributed by atoms with E-state index in [1.807, 2.05) is 0 Å². The van der Waals surface area contributed by atoms with E-state index >= 15 is 0 Å². The SMILES string of the molecule is CCOc1cccc(CNC(=NC)NCc2ccc(C(N)=O)cc2)c1OC(F)F.I. The Labute approximate surface area is 191 Å². The second-order valence-corrected chi connectivity index (χ2v) is 5.90. The van der Waals surface area contributed by atoms with Crippen molar-refractivity contribution in [1.82, 2.24) is 10.6 Å². The second kappa shape index (κ2) is 12.8. The highest BCUT2D eigenvalue weighted by atomic mass is 127. The smallest absolute Gasteiger partial charge is 0.387 e. The molecule has 2 aromatic carbocycles. The number of nitrogens with one attached hydrogen (secondary N) is 2. The van der Waals surface area contributed by atoms with Crippen LogP contribution in [0.15, 0.2) is 47.5 Å². The number of primary amides is 1. The number of amides is 1. The third-order valence-corrected chi connectivity index (χ3v) is 3.94. The summed E-state index contributed by atoms with van der Waals surface area (Å²) in [6.07, 6.45) is 0. The first-order valence-corrected chi connectivity index (χ1v) is 8.97. The van der Waals surface area contributed by atoms with Gasteiger partial charge in [0.05, 0.1) is 6.61 Å². The van der Waals surface area contributed by atoms with Crippen molar-refractivity contribution in [2.45, 2.75) is 26.6 Å². The Kier molecular flexibility index (Phi) is 10.9. The number of nitrogens with two attached hydrogens (primary N) is 1. The molecule has 7 nitrogen and oxygen atoms in total. The number of alkyl halides is 2. The van der Waals surface area contributed by atoms with Crippen molar-refractivity contribution in [2.75, 3.05) is 13.7 Å². The Morgan fingerprint density at radius 2 is 1.80 bits per heavy atom. The lowest BCUT2D eigenvalue weighted by Crippen LogP contribution is -2.36. The molecule has 0 unspecified atom stereocenters. The highest BCUT2D eigenvalue weighted by Gasteiger charge is 2.16. The molecule has 0 bridgehead atoms. The van der Waals surface area contributed by atoms with Gasteiger partial charge in [-0.3, -0.25) is 9.79 Å². The summed E-state index contributed by atoms with van der Waals surface area (Å²) >= 11 is 0. The van der Waals surface area contributed by atoms with Gasteiger partial charge in [0.15, 0.2) is 17.5 Å². The number of guanidine groups is 1. The first kappa shape index (κ1) is 25.4. The normalized spacial score (nSPS) is 10.9. The summed E-state index contributed by atoms with van der Waals surface area (Å²) in [6.45, 7) is -0.231. The Morgan fingerprint density at radius 3 is 2.37 bits per heavy atom. The molecule has 0 aliphatic carbocycles. The van der Waals surface area contributed by atoms with Crippen LogP contribution in [0.25, 0.3) is 0 Å². The van der Waals surface area contributed by atoms with Gasteiger partial charge in [-0.2, -0.15) is 8.78 Å². The van der Waals surface area contributed by atoms with Gasteiger partial charge in [0, 0.05) is 31.3 Å². The molecule has 2 rings (SSSR count). The first-order chi connectivity index (χ1) is 13.9. The largest absolute Gasteiger partial charge is 0.490 e. The predicted molar refractivity (Wildman–Crippen MR) is 122 cm³/mol. The molecule has 30 heavy (non-hydrogen) atoms. The molecular formula is C20H25F2IN4O3. The lowest BCUT2D eigenvalue weighted by atomic mass is 10.1. The third-order valence-electron chi connectivity index (χ3n) is 3.94. The van der Waals surface area contributed by atoms with Gasteiger partial charge < -0.3 is 25.8 Å². The van der Waals surface area contributed by atoms with Crippen LogP contribution in [-0.4, -0.2) is 32.1 Å². The predicted octanol–water partition coefficient (Wildman–Crippen LogP) is 3.27. The molecule has 1 amide bonds. The van der Waals surface area contributed by atoms with Crippen molar-refractivity contribution in [3.63, 3.8) is 0 Å². The number of carbonyl (C=O) groups excluding carboxylic acids is 1. The monoisotopic (exact) mass is 534 g/mol. The number of ether oxygens (including phenoxy) is 2. The van der Waals surface area contributed by atoms with Crippen LogP contribution in [0.1, 0.15) is 28.4 Å². The van der Waals surface area contributed by atoms with Crippen molar-refractivity contribution in [3.8, 4) is 11.5 Å². The van der Waals surface area contributed by atoms with Crippen LogP contribution >= 0.6 is 24.0 Å². The maximum Gasteiger partial charge on any atom is 0.387 e. The fraction of sp³-hybridized carbons (Fsp3) is 0.300. The Balaban J connectivity index is 0.00000450. The van der Waals surface area contributed by atoms with Crippen molar-refractivity contribution >= 4 is 35.8 Å². The highest BCUT2D eigenvalue weighted by Crippen LogP contribution is 2.32. The summed E-state index contributed by atoms with van der Waals surface area (Å²) in [5, 5.41) is 6.16. The van der Waals surface area contributed by atoms with E-state index in [4.69, 9.17) is 10.5 Å². The fourth-order valence-electron chi connectivity index (χ4n) is 2.56. The molecule has 0 radical (unpaired) electrons. The maximum absolute atomic E-state index is 12.8. The lowest BCUT2D eigenvalue weighted by molar-refractivity contribution is -0.0520. The van der Waals surface area contributed by atoms with Gasteiger partial charge in [-0.1, -0.05) is 24.3 Å². The molecule has 164 valence electrons. The standard InChI is InChI=1S/C20H24F2N4O3.HI/c1-3-28-16-6-4-5-15(17(16)29-19(21)22)12-26-20(24-2)25-11-13-7-9-14(10-8-13)18(23)27;/h4-10,19H,3,11-12H2,1-2H3,(H2,23,27)(H2,24,25,26);1H. The van der Waals surface area contributed by atoms with Gasteiger partial charge in [-0.25, -0.2) is 0 Å². The molecule has 0 aliphatic rings. The number of aliphatic imine (C=N–C) groups is 1. The van der Waals surface area contributed by atoms with E-state index in [9.17, 15) is 13.6 Å². The zero-order valence-corrected chi connectivity index (χ0v) is 19.0. The van der Waals surface area contributed by atoms with E-state index < -0.39 is 12.5 Å². The molecule has 0 fully saturated rings. The highest BCUT2D eigenvalue weighted by molar-refractivity contribution is 14.0. The van der Waals surface area contributed by atoms with Gasteiger partial charge >= 0.3 is 6.61 Å². The van der Waals surface area contributed by atoms with Crippen LogP contribution < -0.4 is 25.8 Å². The third kappa shape index (κ3) is 7.65. The summed E-state index contributed by atoms with van der Waals surface area (Å²) in [4.78, 5) is 15.2. The summed E-state index contributed by atoms with van der Waals surface area (Å²) in [5.74, 6) is 0.228. The molecule has 4 N–H and O–H groups in total. The topological polar surface area (TPSA) is 98.0 Å². The first-order valence-electron chi connectivity index (χ1n) is 8.97. The van der Waals surface area contributed by atoms with E-state index in [1.54, 1.807) is 56.4 Å². The van der Waals surface area contributed by atoms with Crippen LogP contribution in [0.3, 0.4) is 0 Å². The number of benzene rings is 2. The van der Waals surface area contributed by atoms with Gasteiger partial charge in [-0.05, 0) is 30.7 Å². The van der Waals surface area contributed by atoms with Gasteiger partial charge in [-0.15, -0.1) is 24.0 Å². The van der Waals surface area contributed by atoms with Gasteiger partial charge in [0.25, 0.3) is 0 Å². The number of hydrogen-bond donors (Lipinski definition) is 3. The Morgan fingerprint density at radius 1 is 1.13 bits per heavy atom. The fourth-order valence-corrected chi connectivity index (χ4v) is 2.56.